The van der Waals surface area contributed by atoms with Gasteiger partial charge in [-0.2, -0.15) is 18.3 Å². The summed E-state index contributed by atoms with van der Waals surface area (Å²) >= 11 is 0.000180. The van der Waals surface area contributed by atoms with E-state index in [-0.39, 0.29) is 30.1 Å². The molecule has 1 aromatic rings. The van der Waals surface area contributed by atoms with Crippen LogP contribution in [0, 0.1) is 13.8 Å². The zero-order chi connectivity index (χ0) is 15.3. The number of rotatable bonds is 7. The fraction of sp³-hybridized carbons (Fsp3) is 0.769. The van der Waals surface area contributed by atoms with E-state index in [4.69, 9.17) is 0 Å². The lowest BCUT2D eigenvalue weighted by Gasteiger charge is -2.16. The monoisotopic (exact) mass is 309 g/mol. The van der Waals surface area contributed by atoms with Gasteiger partial charge in [-0.3, -0.25) is 4.68 Å². The summed E-state index contributed by atoms with van der Waals surface area (Å²) < 4.78 is 38.1. The summed E-state index contributed by atoms with van der Waals surface area (Å²) in [7, 11) is 0. The molecule has 116 valence electrons. The minimum Gasteiger partial charge on any atom is -0.310 e. The summed E-state index contributed by atoms with van der Waals surface area (Å²) in [6.45, 7) is 9.09. The van der Waals surface area contributed by atoms with Gasteiger partial charge in [0.25, 0.3) is 0 Å². The van der Waals surface area contributed by atoms with Gasteiger partial charge < -0.3 is 5.32 Å². The van der Waals surface area contributed by atoms with Crippen LogP contribution >= 0.6 is 11.8 Å². The normalized spacial score (nSPS) is 13.8. The molecule has 20 heavy (non-hydrogen) atoms. The molecule has 3 nitrogen and oxygen atoms in total. The molecule has 0 aliphatic rings. The van der Waals surface area contributed by atoms with Crippen LogP contribution in [0.15, 0.2) is 0 Å². The van der Waals surface area contributed by atoms with Crippen LogP contribution < -0.4 is 5.32 Å². The Morgan fingerprint density at radius 3 is 2.45 bits per heavy atom. The molecule has 1 N–H and O–H groups in total. The summed E-state index contributed by atoms with van der Waals surface area (Å²) in [5.74, 6) is -0.0110. The molecular weight excluding hydrogens is 287 g/mol. The Labute approximate surface area is 122 Å². The van der Waals surface area contributed by atoms with Crippen molar-refractivity contribution in [3.8, 4) is 0 Å². The number of halogens is 3. The first-order valence-electron chi connectivity index (χ1n) is 6.78. The van der Waals surface area contributed by atoms with Crippen LogP contribution in [0.5, 0.6) is 0 Å². The van der Waals surface area contributed by atoms with Gasteiger partial charge >= 0.3 is 5.51 Å². The summed E-state index contributed by atoms with van der Waals surface area (Å²) in [5.41, 5.74) is -1.20. The highest BCUT2D eigenvalue weighted by molar-refractivity contribution is 8.00. The molecular formula is C13H22F3N3S. The van der Waals surface area contributed by atoms with Crippen molar-refractivity contribution in [1.82, 2.24) is 15.1 Å². The second-order valence-corrected chi connectivity index (χ2v) is 5.78. The molecule has 1 unspecified atom stereocenters. The molecule has 7 heteroatoms. The Morgan fingerprint density at radius 1 is 1.30 bits per heavy atom. The molecule has 0 saturated carbocycles. The number of hydrogen-bond acceptors (Lipinski definition) is 3. The van der Waals surface area contributed by atoms with Crippen LogP contribution in [0.1, 0.15) is 43.3 Å². The van der Waals surface area contributed by atoms with Gasteiger partial charge in [-0.15, -0.1) is 0 Å². The summed E-state index contributed by atoms with van der Waals surface area (Å²) in [5, 5.41) is 7.76. The van der Waals surface area contributed by atoms with Crippen molar-refractivity contribution in [1.29, 1.82) is 0 Å². The number of nitrogens with zero attached hydrogens (tertiary/aromatic N) is 2. The number of thioether (sulfide) groups is 1. The standard InChI is InChI=1S/C13H22F3N3S/c1-5-11(17-6-2)12-9(3)18-19(10(12)4)7-8-20-13(14,15)16/h11,17H,5-8H2,1-4H3. The summed E-state index contributed by atoms with van der Waals surface area (Å²) in [6.07, 6.45) is 0.929. The molecule has 1 rings (SSSR count). The Kier molecular flexibility index (Phi) is 6.39. The van der Waals surface area contributed by atoms with Crippen LogP contribution in [0.25, 0.3) is 0 Å². The number of hydrogen-bond donors (Lipinski definition) is 1. The zero-order valence-electron chi connectivity index (χ0n) is 12.3. The van der Waals surface area contributed by atoms with Crippen molar-refractivity contribution < 1.29 is 13.2 Å². The Hall–Kier alpha value is -0.690. The van der Waals surface area contributed by atoms with Gasteiger partial charge in [0, 0.05) is 23.1 Å². The molecule has 1 atom stereocenters. The third-order valence-electron chi connectivity index (χ3n) is 3.21. The molecule has 0 aromatic carbocycles. The lowest BCUT2D eigenvalue weighted by atomic mass is 10.0. The predicted octanol–water partition coefficient (Wildman–Crippen LogP) is 3.81. The van der Waals surface area contributed by atoms with E-state index in [1.54, 1.807) is 4.68 Å². The first-order valence-corrected chi connectivity index (χ1v) is 7.76. The number of aryl methyl sites for hydroxylation is 2. The van der Waals surface area contributed by atoms with Crippen LogP contribution in [0.3, 0.4) is 0 Å². The molecule has 0 spiro atoms. The van der Waals surface area contributed by atoms with E-state index >= 15 is 0 Å². The number of aromatic nitrogens is 2. The van der Waals surface area contributed by atoms with Crippen LogP contribution in [0.4, 0.5) is 13.2 Å². The van der Waals surface area contributed by atoms with Gasteiger partial charge in [0.05, 0.1) is 12.2 Å². The van der Waals surface area contributed by atoms with Crippen molar-refractivity contribution in [3.63, 3.8) is 0 Å². The van der Waals surface area contributed by atoms with Crippen LogP contribution in [-0.4, -0.2) is 27.6 Å². The van der Waals surface area contributed by atoms with Gasteiger partial charge in [0.15, 0.2) is 0 Å². The Balaban J connectivity index is 2.80. The van der Waals surface area contributed by atoms with Gasteiger partial charge in [-0.25, -0.2) is 0 Å². The molecule has 0 saturated heterocycles. The highest BCUT2D eigenvalue weighted by atomic mass is 32.2. The molecule has 0 fully saturated rings. The van der Waals surface area contributed by atoms with Gasteiger partial charge in [0.2, 0.25) is 0 Å². The lowest BCUT2D eigenvalue weighted by Crippen LogP contribution is -2.21. The maximum Gasteiger partial charge on any atom is 0.441 e. The molecule has 1 aromatic heterocycles. The summed E-state index contributed by atoms with van der Waals surface area (Å²) in [6, 6.07) is 0.212. The van der Waals surface area contributed by atoms with E-state index in [1.165, 1.54) is 0 Å². The Morgan fingerprint density at radius 2 is 1.95 bits per heavy atom. The minimum atomic E-state index is -4.17. The molecule has 1 heterocycles. The quantitative estimate of drug-likeness (QED) is 0.830. The lowest BCUT2D eigenvalue weighted by molar-refractivity contribution is -0.0328. The van der Waals surface area contributed by atoms with E-state index in [9.17, 15) is 13.2 Å². The largest absolute Gasteiger partial charge is 0.441 e. The van der Waals surface area contributed by atoms with Crippen LogP contribution in [0.2, 0.25) is 0 Å². The minimum absolute atomic E-state index is 0.000180. The highest BCUT2D eigenvalue weighted by Gasteiger charge is 2.28. The van der Waals surface area contributed by atoms with E-state index in [0.29, 0.717) is 0 Å². The van der Waals surface area contributed by atoms with Gasteiger partial charge in [-0.1, -0.05) is 13.8 Å². The predicted molar refractivity (Wildman–Crippen MR) is 76.9 cm³/mol. The Bertz CT molecular complexity index is 429. The van der Waals surface area contributed by atoms with Crippen molar-refractivity contribution >= 4 is 11.8 Å². The first kappa shape index (κ1) is 17.4. The average Bonchev–Trinajstić information content (AvgIpc) is 2.61. The molecule has 0 amide bonds. The smallest absolute Gasteiger partial charge is 0.310 e. The van der Waals surface area contributed by atoms with Gasteiger partial charge in [0.1, 0.15) is 0 Å². The third-order valence-corrected chi connectivity index (χ3v) is 3.93. The SMILES string of the molecule is CCNC(CC)c1c(C)nn(CCSC(F)(F)F)c1C. The fourth-order valence-electron chi connectivity index (χ4n) is 2.38. The van der Waals surface area contributed by atoms with E-state index in [1.807, 2.05) is 20.8 Å². The molecule has 0 aliphatic heterocycles. The maximum absolute atomic E-state index is 12.1. The zero-order valence-corrected chi connectivity index (χ0v) is 13.2. The second-order valence-electron chi connectivity index (χ2n) is 4.62. The third kappa shape index (κ3) is 4.70. The van der Waals surface area contributed by atoms with Crippen molar-refractivity contribution in [3.05, 3.63) is 17.0 Å². The maximum atomic E-state index is 12.1. The number of alkyl halides is 3. The molecule has 0 radical (unpaired) electrons. The molecule has 0 aliphatic carbocycles. The fourth-order valence-corrected chi connectivity index (χ4v) is 2.87. The van der Waals surface area contributed by atoms with Crippen LogP contribution in [-0.2, 0) is 6.54 Å². The van der Waals surface area contributed by atoms with Gasteiger partial charge in [-0.05, 0) is 38.6 Å². The summed E-state index contributed by atoms with van der Waals surface area (Å²) in [4.78, 5) is 0. The topological polar surface area (TPSA) is 29.9 Å². The van der Waals surface area contributed by atoms with E-state index in [2.05, 4.69) is 17.3 Å². The van der Waals surface area contributed by atoms with Crippen molar-refractivity contribution in [2.45, 2.75) is 52.2 Å². The highest BCUT2D eigenvalue weighted by Crippen LogP contribution is 2.30. The van der Waals surface area contributed by atoms with E-state index < -0.39 is 5.51 Å². The van der Waals surface area contributed by atoms with Crippen molar-refractivity contribution in [2.24, 2.45) is 0 Å². The van der Waals surface area contributed by atoms with E-state index in [0.717, 1.165) is 29.9 Å². The van der Waals surface area contributed by atoms with Crippen molar-refractivity contribution in [2.75, 3.05) is 12.3 Å². The first-order chi connectivity index (χ1) is 9.30. The second kappa shape index (κ2) is 7.36. The number of nitrogens with one attached hydrogen (secondary N) is 1. The average molecular weight is 309 g/mol. The molecule has 0 bridgehead atoms.